The lowest BCUT2D eigenvalue weighted by atomic mass is 10.0. The summed E-state index contributed by atoms with van der Waals surface area (Å²) in [4.78, 5) is 29.9. The third-order valence-electron chi connectivity index (χ3n) is 7.64. The van der Waals surface area contributed by atoms with Gasteiger partial charge in [-0.1, -0.05) is 96.7 Å². The van der Waals surface area contributed by atoms with Crippen molar-refractivity contribution in [2.75, 3.05) is 24.5 Å². The average molecular weight is 697 g/mol. The molecule has 0 unspecified atom stereocenters. The monoisotopic (exact) mass is 695 g/mol. The first-order valence-electron chi connectivity index (χ1n) is 15.3. The Bertz CT molecular complexity index is 1770. The van der Waals surface area contributed by atoms with Crippen LogP contribution in [0.3, 0.4) is 0 Å². The van der Waals surface area contributed by atoms with Crippen LogP contribution in [0, 0.1) is 6.92 Å². The summed E-state index contributed by atoms with van der Waals surface area (Å²) in [6.07, 6.45) is 1.85. The lowest BCUT2D eigenvalue weighted by Crippen LogP contribution is -2.53. The number of nitrogens with zero attached hydrogens (tertiary/aromatic N) is 2. The topological polar surface area (TPSA) is 96.0 Å². The van der Waals surface area contributed by atoms with Crippen LogP contribution in [-0.4, -0.2) is 51.4 Å². The number of hydrogen-bond acceptors (Lipinski definition) is 5. The van der Waals surface area contributed by atoms with Gasteiger partial charge in [-0.15, -0.1) is 0 Å². The molecule has 8 nitrogen and oxygen atoms in total. The van der Waals surface area contributed by atoms with Gasteiger partial charge in [0.2, 0.25) is 11.8 Å². The molecule has 0 fully saturated rings. The minimum absolute atomic E-state index is 0.00317. The number of ether oxygens (including phenoxy) is 1. The molecule has 0 saturated carbocycles. The molecule has 4 aromatic carbocycles. The van der Waals surface area contributed by atoms with Crippen LogP contribution in [0.15, 0.2) is 102 Å². The van der Waals surface area contributed by atoms with Crippen molar-refractivity contribution in [2.45, 2.75) is 50.6 Å². The molecule has 1 atom stereocenters. The van der Waals surface area contributed by atoms with E-state index >= 15 is 0 Å². The highest BCUT2D eigenvalue weighted by Gasteiger charge is 2.35. The number of rotatable bonds is 15. The summed E-state index contributed by atoms with van der Waals surface area (Å²) < 4.78 is 35.2. The van der Waals surface area contributed by atoms with Gasteiger partial charge in [0, 0.05) is 29.6 Å². The van der Waals surface area contributed by atoms with Gasteiger partial charge in [-0.05, 0) is 66.9 Å². The average Bonchev–Trinajstić information content (AvgIpc) is 3.05. The first-order valence-corrected chi connectivity index (χ1v) is 17.5. The summed E-state index contributed by atoms with van der Waals surface area (Å²) in [5.74, 6) is -0.738. The Hall–Kier alpha value is -4.05. The fourth-order valence-electron chi connectivity index (χ4n) is 5.10. The Morgan fingerprint density at radius 3 is 2.21 bits per heavy atom. The van der Waals surface area contributed by atoms with Crippen LogP contribution < -0.4 is 14.4 Å². The van der Waals surface area contributed by atoms with Crippen molar-refractivity contribution < 1.29 is 22.7 Å². The molecular formula is C36H39Cl2N3O5S. The molecule has 0 aliphatic rings. The minimum atomic E-state index is -4.33. The number of aryl methyl sites for hydroxylation is 1. The Balaban J connectivity index is 1.84. The number of anilines is 1. The summed E-state index contributed by atoms with van der Waals surface area (Å²) in [5, 5.41) is 3.70. The van der Waals surface area contributed by atoms with Crippen LogP contribution in [-0.2, 0) is 32.6 Å². The molecule has 0 aliphatic carbocycles. The van der Waals surface area contributed by atoms with E-state index in [1.54, 1.807) is 42.5 Å². The summed E-state index contributed by atoms with van der Waals surface area (Å²) in [5.41, 5.74) is 2.48. The van der Waals surface area contributed by atoms with Crippen molar-refractivity contribution in [3.63, 3.8) is 0 Å². The van der Waals surface area contributed by atoms with E-state index in [0.717, 1.165) is 28.3 Å². The fraction of sp³-hybridized carbons (Fsp3) is 0.278. The smallest absolute Gasteiger partial charge is 0.264 e. The minimum Gasteiger partial charge on any atom is -0.495 e. The molecule has 4 rings (SSSR count). The van der Waals surface area contributed by atoms with E-state index in [4.69, 9.17) is 27.9 Å². The molecule has 2 amide bonds. The van der Waals surface area contributed by atoms with Crippen LogP contribution in [0.4, 0.5) is 5.69 Å². The van der Waals surface area contributed by atoms with Gasteiger partial charge in [0.05, 0.1) is 17.7 Å². The molecule has 0 aliphatic heterocycles. The Morgan fingerprint density at radius 1 is 0.872 bits per heavy atom. The molecule has 0 bridgehead atoms. The number of hydrogen-bond donors (Lipinski definition) is 1. The van der Waals surface area contributed by atoms with Crippen molar-refractivity contribution in [3.8, 4) is 5.75 Å². The van der Waals surface area contributed by atoms with E-state index in [1.807, 2.05) is 50.2 Å². The molecular weight excluding hydrogens is 657 g/mol. The normalized spacial score (nSPS) is 11.9. The van der Waals surface area contributed by atoms with Crippen LogP contribution >= 0.6 is 23.2 Å². The quantitative estimate of drug-likeness (QED) is 0.134. The second kappa shape index (κ2) is 16.7. The third kappa shape index (κ3) is 9.50. The summed E-state index contributed by atoms with van der Waals surface area (Å²) in [7, 11) is -2.92. The maximum atomic E-state index is 14.6. The summed E-state index contributed by atoms with van der Waals surface area (Å²) >= 11 is 12.7. The number of amides is 2. The van der Waals surface area contributed by atoms with E-state index in [-0.39, 0.29) is 40.2 Å². The van der Waals surface area contributed by atoms with Crippen molar-refractivity contribution in [2.24, 2.45) is 0 Å². The van der Waals surface area contributed by atoms with E-state index in [0.29, 0.717) is 17.1 Å². The molecule has 0 aromatic heterocycles. The summed E-state index contributed by atoms with van der Waals surface area (Å²) in [6.45, 7) is 3.68. The molecule has 0 spiro atoms. The zero-order chi connectivity index (χ0) is 34.0. The third-order valence-corrected chi connectivity index (χ3v) is 9.88. The predicted octanol–water partition coefficient (Wildman–Crippen LogP) is 7.06. The summed E-state index contributed by atoms with van der Waals surface area (Å²) in [6, 6.07) is 26.3. The lowest BCUT2D eigenvalue weighted by Gasteiger charge is -2.34. The molecule has 1 N–H and O–H groups in total. The van der Waals surface area contributed by atoms with Crippen LogP contribution in [0.5, 0.6) is 5.75 Å². The molecule has 11 heteroatoms. The zero-order valence-electron chi connectivity index (χ0n) is 26.7. The van der Waals surface area contributed by atoms with Gasteiger partial charge in [0.15, 0.2) is 0 Å². The number of carbonyl (C=O) groups is 2. The SMILES string of the molecule is CCCCNC(=O)[C@H](Cc1ccccc1)N(Cc1cccc(Cl)c1)C(=O)CN(c1cc(Cl)ccc1OC)S(=O)(=O)c1ccc(C)cc1. The number of nitrogens with one attached hydrogen (secondary N) is 1. The highest BCUT2D eigenvalue weighted by atomic mass is 35.5. The number of halogens is 2. The Morgan fingerprint density at radius 2 is 1.55 bits per heavy atom. The first-order chi connectivity index (χ1) is 22.5. The molecule has 0 saturated heterocycles. The van der Waals surface area contributed by atoms with E-state index in [1.165, 1.54) is 30.2 Å². The van der Waals surface area contributed by atoms with Crippen LogP contribution in [0.25, 0.3) is 0 Å². The Kier molecular flexibility index (Phi) is 12.7. The van der Waals surface area contributed by atoms with E-state index < -0.39 is 28.5 Å². The molecule has 4 aromatic rings. The van der Waals surface area contributed by atoms with Crippen molar-refractivity contribution in [1.29, 1.82) is 0 Å². The standard InChI is InChI=1S/C36H39Cl2N3O5S/c1-4-5-20-39-36(43)33(22-27-10-7-6-8-11-27)40(24-28-12-9-13-29(37)21-28)35(42)25-41(32-23-30(38)16-19-34(32)46-3)47(44,45)31-17-14-26(2)15-18-31/h6-19,21,23,33H,4-5,20,22,24-25H2,1-3H3,(H,39,43)/t33-/m0/s1. The van der Waals surface area contributed by atoms with Crippen molar-refractivity contribution in [3.05, 3.63) is 124 Å². The zero-order valence-corrected chi connectivity index (χ0v) is 29.0. The maximum absolute atomic E-state index is 14.6. The Labute approximate surface area is 287 Å². The highest BCUT2D eigenvalue weighted by Crippen LogP contribution is 2.35. The van der Waals surface area contributed by atoms with Crippen LogP contribution in [0.1, 0.15) is 36.5 Å². The van der Waals surface area contributed by atoms with Crippen molar-refractivity contribution >= 4 is 50.7 Å². The largest absolute Gasteiger partial charge is 0.495 e. The molecule has 0 heterocycles. The maximum Gasteiger partial charge on any atom is 0.264 e. The predicted molar refractivity (Wildman–Crippen MR) is 188 cm³/mol. The molecule has 47 heavy (non-hydrogen) atoms. The van der Waals surface area contributed by atoms with Gasteiger partial charge in [-0.2, -0.15) is 0 Å². The van der Waals surface area contributed by atoms with Gasteiger partial charge in [-0.3, -0.25) is 13.9 Å². The second-order valence-corrected chi connectivity index (χ2v) is 13.9. The van der Waals surface area contributed by atoms with Gasteiger partial charge in [-0.25, -0.2) is 8.42 Å². The number of unbranched alkanes of at least 4 members (excludes halogenated alkanes) is 1. The van der Waals surface area contributed by atoms with E-state index in [2.05, 4.69) is 5.32 Å². The van der Waals surface area contributed by atoms with Gasteiger partial charge >= 0.3 is 0 Å². The van der Waals surface area contributed by atoms with Gasteiger partial charge in [0.25, 0.3) is 10.0 Å². The van der Waals surface area contributed by atoms with Gasteiger partial charge < -0.3 is 15.0 Å². The number of sulfonamides is 1. The van der Waals surface area contributed by atoms with Crippen LogP contribution in [0.2, 0.25) is 10.0 Å². The second-order valence-electron chi connectivity index (χ2n) is 11.1. The number of methoxy groups -OCH3 is 1. The fourth-order valence-corrected chi connectivity index (χ4v) is 6.90. The highest BCUT2D eigenvalue weighted by molar-refractivity contribution is 7.92. The molecule has 248 valence electrons. The number of carbonyl (C=O) groups excluding carboxylic acids is 2. The van der Waals surface area contributed by atoms with Crippen molar-refractivity contribution in [1.82, 2.24) is 10.2 Å². The van der Waals surface area contributed by atoms with Gasteiger partial charge in [0.1, 0.15) is 18.3 Å². The van der Waals surface area contributed by atoms with E-state index in [9.17, 15) is 18.0 Å². The lowest BCUT2D eigenvalue weighted by molar-refractivity contribution is -0.140. The first kappa shape index (κ1) is 35.8. The number of benzene rings is 4. The molecule has 0 radical (unpaired) electrons.